The van der Waals surface area contributed by atoms with Crippen molar-refractivity contribution in [3.8, 4) is 0 Å². The Balaban J connectivity index is 0.000000637. The average molecular weight is 258 g/mol. The Bertz CT molecular complexity index is 481. The topological polar surface area (TPSA) is 7.65 Å². The van der Waals surface area contributed by atoms with Crippen molar-refractivity contribution >= 4 is 5.52 Å². The number of fused-ring (bicyclic) bond motifs is 1. The van der Waals surface area contributed by atoms with Gasteiger partial charge in [-0.3, -0.25) is 0 Å². The zero-order valence-electron chi connectivity index (χ0n) is 12.3. The Kier molecular flexibility index (Phi) is 5.46. The normalized spacial score (nSPS) is 16.1. The molecule has 0 unspecified atom stereocenters. The molecular weight excluding hydrogens is 232 g/mol. The van der Waals surface area contributed by atoms with E-state index < -0.39 is 0 Å². The van der Waals surface area contributed by atoms with Crippen molar-refractivity contribution in [3.05, 3.63) is 42.2 Å². The van der Waals surface area contributed by atoms with Crippen LogP contribution in [0.2, 0.25) is 0 Å². The highest BCUT2D eigenvalue weighted by Gasteiger charge is 2.10. The quantitative estimate of drug-likeness (QED) is 0.807. The smallest absolute Gasteiger partial charge is 0.0482 e. The highest BCUT2D eigenvalue weighted by molar-refractivity contribution is 5.55. The molecule has 3 heterocycles. The number of hydrogen-bond donors (Lipinski definition) is 0. The Morgan fingerprint density at radius 1 is 0.947 bits per heavy atom. The molecule has 19 heavy (non-hydrogen) atoms. The monoisotopic (exact) mass is 258 g/mol. The van der Waals surface area contributed by atoms with Crippen LogP contribution in [0.15, 0.2) is 36.7 Å². The van der Waals surface area contributed by atoms with E-state index in [1.807, 2.05) is 13.8 Å². The van der Waals surface area contributed by atoms with Crippen LogP contribution in [-0.2, 0) is 6.42 Å². The molecule has 1 aliphatic rings. The van der Waals surface area contributed by atoms with Gasteiger partial charge in [0.1, 0.15) is 0 Å². The molecule has 0 spiro atoms. The summed E-state index contributed by atoms with van der Waals surface area (Å²) in [5.41, 5.74) is 2.85. The zero-order valence-corrected chi connectivity index (χ0v) is 12.3. The van der Waals surface area contributed by atoms with Gasteiger partial charge < -0.3 is 9.30 Å². The Labute approximate surface area is 117 Å². The first-order chi connectivity index (χ1) is 9.43. The molecule has 1 aliphatic heterocycles. The molecule has 2 nitrogen and oxygen atoms in total. The van der Waals surface area contributed by atoms with E-state index in [0.29, 0.717) is 0 Å². The summed E-state index contributed by atoms with van der Waals surface area (Å²) in [6.45, 7) is 7.81. The summed E-state index contributed by atoms with van der Waals surface area (Å²) in [5.74, 6) is 0. The van der Waals surface area contributed by atoms with Crippen LogP contribution >= 0.6 is 0 Å². The van der Waals surface area contributed by atoms with Crippen molar-refractivity contribution in [1.29, 1.82) is 0 Å². The van der Waals surface area contributed by atoms with Crippen LogP contribution in [0.5, 0.6) is 0 Å². The molecule has 0 aromatic carbocycles. The van der Waals surface area contributed by atoms with Gasteiger partial charge in [-0.15, -0.1) is 0 Å². The molecule has 104 valence electrons. The summed E-state index contributed by atoms with van der Waals surface area (Å²) in [7, 11) is 0. The molecule has 0 atom stereocenters. The molecule has 0 saturated carbocycles. The maximum atomic E-state index is 2.61. The fraction of sp³-hybridized carbons (Fsp3) is 0.529. The van der Waals surface area contributed by atoms with Gasteiger partial charge in [-0.25, -0.2) is 0 Å². The number of piperidine rings is 1. The molecule has 1 fully saturated rings. The second-order valence-corrected chi connectivity index (χ2v) is 4.99. The third kappa shape index (κ3) is 3.60. The molecule has 2 aromatic heterocycles. The second kappa shape index (κ2) is 7.34. The highest BCUT2D eigenvalue weighted by Crippen LogP contribution is 2.15. The van der Waals surface area contributed by atoms with Gasteiger partial charge in [-0.1, -0.05) is 26.3 Å². The van der Waals surface area contributed by atoms with Crippen molar-refractivity contribution in [2.45, 2.75) is 39.5 Å². The number of nitrogens with zero attached hydrogens (tertiary/aromatic N) is 2. The standard InChI is InChI=1S/C15H20N2.C2H6/c1-3-9-16(10-4-1)12-7-14-8-13-17-11-5-2-6-15(14)17;1-2/h2,5-6,8,11,13H,1,3-4,7,9-10,12H2;1-2H3. The van der Waals surface area contributed by atoms with Gasteiger partial charge in [0, 0.05) is 24.5 Å². The van der Waals surface area contributed by atoms with Crippen LogP contribution in [0, 0.1) is 0 Å². The molecule has 1 saturated heterocycles. The van der Waals surface area contributed by atoms with Gasteiger partial charge in [0.05, 0.1) is 0 Å². The van der Waals surface area contributed by atoms with Gasteiger partial charge in [-0.05, 0) is 56.1 Å². The summed E-state index contributed by atoms with van der Waals surface area (Å²) in [4.78, 5) is 2.61. The summed E-state index contributed by atoms with van der Waals surface area (Å²) >= 11 is 0. The first-order valence-electron chi connectivity index (χ1n) is 7.70. The lowest BCUT2D eigenvalue weighted by atomic mass is 10.1. The lowest BCUT2D eigenvalue weighted by Crippen LogP contribution is -2.31. The van der Waals surface area contributed by atoms with Gasteiger partial charge >= 0.3 is 0 Å². The van der Waals surface area contributed by atoms with Crippen molar-refractivity contribution in [2.24, 2.45) is 0 Å². The van der Waals surface area contributed by atoms with E-state index in [2.05, 4.69) is 46.0 Å². The van der Waals surface area contributed by atoms with Gasteiger partial charge in [-0.2, -0.15) is 0 Å². The van der Waals surface area contributed by atoms with Crippen molar-refractivity contribution in [2.75, 3.05) is 19.6 Å². The maximum Gasteiger partial charge on any atom is 0.0482 e. The van der Waals surface area contributed by atoms with Gasteiger partial charge in [0.25, 0.3) is 0 Å². The van der Waals surface area contributed by atoms with Crippen molar-refractivity contribution in [3.63, 3.8) is 0 Å². The fourth-order valence-corrected chi connectivity index (χ4v) is 2.79. The largest absolute Gasteiger partial charge is 0.324 e. The minimum atomic E-state index is 1.18. The van der Waals surface area contributed by atoms with E-state index in [9.17, 15) is 0 Å². The third-order valence-electron chi connectivity index (χ3n) is 3.80. The second-order valence-electron chi connectivity index (χ2n) is 4.99. The van der Waals surface area contributed by atoms with E-state index in [-0.39, 0.29) is 0 Å². The maximum absolute atomic E-state index is 2.61. The van der Waals surface area contributed by atoms with Crippen LogP contribution < -0.4 is 0 Å². The summed E-state index contributed by atoms with van der Waals surface area (Å²) in [5, 5.41) is 0. The van der Waals surface area contributed by atoms with Crippen LogP contribution in [0.3, 0.4) is 0 Å². The van der Waals surface area contributed by atoms with Gasteiger partial charge in [0.15, 0.2) is 0 Å². The average Bonchev–Trinajstić information content (AvgIpc) is 2.92. The van der Waals surface area contributed by atoms with E-state index in [4.69, 9.17) is 0 Å². The van der Waals surface area contributed by atoms with Crippen LogP contribution in [0.25, 0.3) is 5.52 Å². The lowest BCUT2D eigenvalue weighted by Gasteiger charge is -2.26. The fourth-order valence-electron chi connectivity index (χ4n) is 2.79. The number of rotatable bonds is 3. The molecule has 0 amide bonds. The van der Waals surface area contributed by atoms with Crippen molar-refractivity contribution in [1.82, 2.24) is 9.30 Å². The predicted octanol–water partition coefficient (Wildman–Crippen LogP) is 3.99. The molecule has 0 aliphatic carbocycles. The SMILES string of the molecule is CC.c1ccn2ccc(CCN3CCCCC3)c2c1. The number of likely N-dealkylation sites (tertiary alicyclic amines) is 1. The summed E-state index contributed by atoms with van der Waals surface area (Å²) < 4.78 is 2.21. The Morgan fingerprint density at radius 2 is 1.74 bits per heavy atom. The Hall–Kier alpha value is -1.28. The van der Waals surface area contributed by atoms with E-state index in [1.54, 1.807) is 0 Å². The number of pyridine rings is 1. The first-order valence-corrected chi connectivity index (χ1v) is 7.70. The molecule has 0 radical (unpaired) electrons. The van der Waals surface area contributed by atoms with Crippen LogP contribution in [0.4, 0.5) is 0 Å². The summed E-state index contributed by atoms with van der Waals surface area (Å²) in [6, 6.07) is 8.69. The number of hydrogen-bond acceptors (Lipinski definition) is 1. The minimum absolute atomic E-state index is 1.18. The molecule has 2 heteroatoms. The first kappa shape index (κ1) is 14.1. The van der Waals surface area contributed by atoms with Crippen LogP contribution in [-0.4, -0.2) is 28.9 Å². The van der Waals surface area contributed by atoms with E-state index in [1.165, 1.54) is 56.4 Å². The molecule has 0 bridgehead atoms. The molecule has 3 rings (SSSR count). The van der Waals surface area contributed by atoms with Crippen molar-refractivity contribution < 1.29 is 0 Å². The Morgan fingerprint density at radius 3 is 2.53 bits per heavy atom. The number of aromatic nitrogens is 1. The van der Waals surface area contributed by atoms with Crippen LogP contribution in [0.1, 0.15) is 38.7 Å². The molecule has 2 aromatic rings. The van der Waals surface area contributed by atoms with E-state index >= 15 is 0 Å². The summed E-state index contributed by atoms with van der Waals surface area (Å²) in [6.07, 6.45) is 9.67. The third-order valence-corrected chi connectivity index (χ3v) is 3.80. The minimum Gasteiger partial charge on any atom is -0.324 e. The molecule has 0 N–H and O–H groups in total. The molecular formula is C17H26N2. The highest BCUT2D eigenvalue weighted by atomic mass is 15.1. The zero-order chi connectivity index (χ0) is 13.5. The predicted molar refractivity (Wildman–Crippen MR) is 82.7 cm³/mol. The van der Waals surface area contributed by atoms with E-state index in [0.717, 1.165) is 0 Å². The van der Waals surface area contributed by atoms with Gasteiger partial charge in [0.2, 0.25) is 0 Å². The lowest BCUT2D eigenvalue weighted by molar-refractivity contribution is 0.231.